The highest BCUT2D eigenvalue weighted by atomic mass is 15.3. The van der Waals surface area contributed by atoms with E-state index in [0.717, 1.165) is 43.6 Å². The van der Waals surface area contributed by atoms with Crippen LogP contribution in [-0.2, 0) is 21.7 Å². The first kappa shape index (κ1) is 34.3. The van der Waals surface area contributed by atoms with E-state index in [-0.39, 0.29) is 49.3 Å². The molecule has 0 aliphatic heterocycles. The zero-order valence-corrected chi connectivity index (χ0v) is 40.4. The minimum atomic E-state index is -0.509. The van der Waals surface area contributed by atoms with Crippen LogP contribution >= 0.6 is 0 Å². The average molecular weight is 885 g/mol. The van der Waals surface area contributed by atoms with Crippen molar-refractivity contribution < 1.29 is 11.0 Å². The minimum absolute atomic E-state index is 0.00311. The van der Waals surface area contributed by atoms with Gasteiger partial charge in [-0.15, -0.1) is 0 Å². The number of rotatable bonds is 4. The molecule has 0 aliphatic rings. The molecule has 4 aromatic heterocycles. The fourth-order valence-electron chi connectivity index (χ4n) is 9.54. The van der Waals surface area contributed by atoms with Crippen LogP contribution in [0.1, 0.15) is 116 Å². The van der Waals surface area contributed by atoms with Gasteiger partial charge in [0.2, 0.25) is 11.9 Å². The van der Waals surface area contributed by atoms with Crippen LogP contribution in [0, 0.1) is 0 Å². The van der Waals surface area contributed by atoms with Crippen LogP contribution in [0.25, 0.3) is 94.4 Å². The third-order valence-electron chi connectivity index (χ3n) is 13.4. The van der Waals surface area contributed by atoms with Gasteiger partial charge < -0.3 is 4.57 Å². The lowest BCUT2D eigenvalue weighted by atomic mass is 9.85. The molecule has 0 saturated carbocycles. The fourth-order valence-corrected chi connectivity index (χ4v) is 9.54. The number of hydrogen-bond acceptors (Lipinski definition) is 3. The quantitative estimate of drug-likeness (QED) is 0.177. The first-order valence-electron chi connectivity index (χ1n) is 27.1. The molecule has 7 aromatic carbocycles. The van der Waals surface area contributed by atoms with Crippen molar-refractivity contribution in [3.8, 4) is 29.0 Å². The molecule has 0 bridgehead atoms. The van der Waals surface area contributed by atoms with Crippen molar-refractivity contribution in [3.63, 3.8) is 0 Å². The summed E-state index contributed by atoms with van der Waals surface area (Å²) < 4.78 is 77.9. The van der Waals surface area contributed by atoms with Gasteiger partial charge in [-0.25, -0.2) is 0 Å². The number of nitrogens with zero attached hydrogens (tertiary/aromatic N) is 6. The number of para-hydroxylation sites is 3. The summed E-state index contributed by atoms with van der Waals surface area (Å²) in [5.41, 5.74) is 8.48. The van der Waals surface area contributed by atoms with Gasteiger partial charge in [-0.3, -0.25) is 9.13 Å². The van der Waals surface area contributed by atoms with Gasteiger partial charge >= 0.3 is 0 Å². The van der Waals surface area contributed by atoms with E-state index in [1.807, 2.05) is 12.1 Å². The van der Waals surface area contributed by atoms with Gasteiger partial charge in [0.25, 0.3) is 0 Å². The molecule has 0 atom stereocenters. The van der Waals surface area contributed by atoms with Crippen LogP contribution in [0.5, 0.6) is 0 Å². The summed E-state index contributed by atoms with van der Waals surface area (Å²) in [4.78, 5) is 16.4. The van der Waals surface area contributed by atoms with Crippen molar-refractivity contribution in [2.24, 2.45) is 0 Å². The Hall–Kier alpha value is -7.05. The molecule has 67 heavy (non-hydrogen) atoms. The predicted octanol–water partition coefficient (Wildman–Crippen LogP) is 16.0. The van der Waals surface area contributed by atoms with Crippen molar-refractivity contribution in [2.75, 3.05) is 0 Å². The Morgan fingerprint density at radius 1 is 0.358 bits per heavy atom. The van der Waals surface area contributed by atoms with Crippen LogP contribution in [-0.4, -0.2) is 28.7 Å². The van der Waals surface area contributed by atoms with Gasteiger partial charge in [-0.1, -0.05) is 156 Å². The molecule has 334 valence electrons. The Kier molecular flexibility index (Phi) is 7.54. The highest BCUT2D eigenvalue weighted by Crippen LogP contribution is 2.41. The maximum absolute atomic E-state index is 9.37. The molecule has 11 aromatic rings. The molecule has 6 nitrogen and oxygen atoms in total. The maximum Gasteiger partial charge on any atom is 0.240 e. The van der Waals surface area contributed by atoms with E-state index in [2.05, 4.69) is 165 Å². The Bertz CT molecular complexity index is 3880. The summed E-state index contributed by atoms with van der Waals surface area (Å²) >= 11 is 0. The molecule has 0 spiro atoms. The molecule has 0 aliphatic carbocycles. The summed E-state index contributed by atoms with van der Waals surface area (Å²) in [7, 11) is 0. The van der Waals surface area contributed by atoms with Crippen molar-refractivity contribution in [2.45, 2.75) is 105 Å². The van der Waals surface area contributed by atoms with E-state index in [1.165, 1.54) is 26.8 Å². The average Bonchev–Trinajstić information content (AvgIpc) is 4.01. The SMILES string of the molecule is [2H]c1c([2H])c([2H])c2c(c1[2H])c1c([2H])c([2H])c([2H])c([2H])c1n2-c1ccccc1-c1nc(-n2c3ccc(C(C)(C)C)cc3c3cc(C(C)(C)C)ccc32)nc(-n2c3ccc(C(C)(C)C)cc3c3cc(C(C)(C)C)ccc32)n1. The van der Waals surface area contributed by atoms with Crippen LogP contribution in [0.2, 0.25) is 0 Å². The van der Waals surface area contributed by atoms with E-state index < -0.39 is 48.3 Å². The van der Waals surface area contributed by atoms with E-state index in [9.17, 15) is 2.74 Å². The molecule has 0 radical (unpaired) electrons. The largest absolute Gasteiger partial charge is 0.309 e. The van der Waals surface area contributed by atoms with Crippen LogP contribution in [0.15, 0.2) is 145 Å². The summed E-state index contributed by atoms with van der Waals surface area (Å²) in [5.74, 6) is 0.883. The third-order valence-corrected chi connectivity index (χ3v) is 13.4. The minimum Gasteiger partial charge on any atom is -0.309 e. The Morgan fingerprint density at radius 3 is 1.06 bits per heavy atom. The number of fused-ring (bicyclic) bond motifs is 9. The summed E-state index contributed by atoms with van der Waals surface area (Å²) in [6, 6.07) is 29.9. The van der Waals surface area contributed by atoms with Gasteiger partial charge in [-0.05, 0) is 117 Å². The Balaban J connectivity index is 1.31. The zero-order chi connectivity index (χ0) is 53.9. The monoisotopic (exact) mass is 885 g/mol. The number of hydrogen-bond donors (Lipinski definition) is 0. The lowest BCUT2D eigenvalue weighted by Crippen LogP contribution is -2.12. The summed E-state index contributed by atoms with van der Waals surface area (Å²) in [6.45, 7) is 26.5. The molecule has 6 heteroatoms. The normalized spacial score (nSPS) is 14.7. The van der Waals surface area contributed by atoms with E-state index >= 15 is 0 Å². The van der Waals surface area contributed by atoms with E-state index in [1.54, 1.807) is 12.1 Å². The fraction of sp³-hybridized carbons (Fsp3) is 0.262. The zero-order valence-electron chi connectivity index (χ0n) is 48.4. The highest BCUT2D eigenvalue weighted by Gasteiger charge is 2.27. The second kappa shape index (κ2) is 14.7. The number of benzene rings is 7. The standard InChI is InChI=1S/C61H60N6/c1-58(2,3)37-25-29-51-44(33-37)45-34-38(59(4,5)6)26-30-52(45)66(51)56-62-55(43-21-15-18-24-50(43)65-48-22-16-13-19-41(48)42-20-14-17-23-49(42)65)63-57(64-56)67-53-31-27-39(60(7,8)9)35-46(53)47-36-40(61(10,11)12)28-32-54(47)67/h13-36H,1-12H3/i13D,14D,16D,17D,19D,20D,22D,23D. The lowest BCUT2D eigenvalue weighted by Gasteiger charge is -2.19. The van der Waals surface area contributed by atoms with Crippen LogP contribution in [0.3, 0.4) is 0 Å². The van der Waals surface area contributed by atoms with Crippen molar-refractivity contribution >= 4 is 65.4 Å². The van der Waals surface area contributed by atoms with Crippen molar-refractivity contribution in [1.82, 2.24) is 28.7 Å². The van der Waals surface area contributed by atoms with Crippen molar-refractivity contribution in [3.05, 3.63) is 168 Å². The molecule has 0 unspecified atom stereocenters. The molecule has 4 heterocycles. The van der Waals surface area contributed by atoms with Gasteiger partial charge in [0.05, 0.1) is 49.8 Å². The molecule has 0 amide bonds. The van der Waals surface area contributed by atoms with E-state index in [0.29, 0.717) is 23.1 Å². The Labute approximate surface area is 405 Å². The molecular weight excluding hydrogens is 817 g/mol. The summed E-state index contributed by atoms with van der Waals surface area (Å²) in [6.07, 6.45) is 0. The number of aromatic nitrogens is 6. The molecule has 0 fully saturated rings. The summed E-state index contributed by atoms with van der Waals surface area (Å²) in [5, 5.41) is 4.15. The van der Waals surface area contributed by atoms with Crippen molar-refractivity contribution in [1.29, 1.82) is 0 Å². The van der Waals surface area contributed by atoms with Gasteiger partial charge in [0, 0.05) is 37.9 Å². The maximum atomic E-state index is 9.37. The van der Waals surface area contributed by atoms with Gasteiger partial charge in [0.15, 0.2) is 5.82 Å². The molecular formula is C61H60N6. The smallest absolute Gasteiger partial charge is 0.240 e. The van der Waals surface area contributed by atoms with Gasteiger partial charge in [-0.2, -0.15) is 15.0 Å². The molecule has 11 rings (SSSR count). The highest BCUT2D eigenvalue weighted by molar-refractivity contribution is 6.12. The Morgan fingerprint density at radius 2 is 0.701 bits per heavy atom. The molecule has 0 N–H and O–H groups in total. The first-order valence-corrected chi connectivity index (χ1v) is 23.1. The van der Waals surface area contributed by atoms with E-state index in [4.69, 9.17) is 23.2 Å². The van der Waals surface area contributed by atoms with Gasteiger partial charge in [0.1, 0.15) is 0 Å². The second-order valence-corrected chi connectivity index (χ2v) is 22.2. The second-order valence-electron chi connectivity index (χ2n) is 22.2. The lowest BCUT2D eigenvalue weighted by molar-refractivity contribution is 0.590. The van der Waals surface area contributed by atoms with Crippen LogP contribution in [0.4, 0.5) is 0 Å². The van der Waals surface area contributed by atoms with Crippen LogP contribution < -0.4 is 0 Å². The first-order chi connectivity index (χ1) is 35.1. The topological polar surface area (TPSA) is 53.5 Å². The third kappa shape index (κ3) is 6.94. The predicted molar refractivity (Wildman–Crippen MR) is 283 cm³/mol. The molecule has 0 saturated heterocycles.